The van der Waals surface area contributed by atoms with Crippen LogP contribution in [0.15, 0.2) is 30.9 Å². The Labute approximate surface area is 164 Å². The van der Waals surface area contributed by atoms with Gasteiger partial charge in [0.25, 0.3) is 0 Å². The van der Waals surface area contributed by atoms with Gasteiger partial charge >= 0.3 is 6.09 Å². The fourth-order valence-corrected chi connectivity index (χ4v) is 2.93. The van der Waals surface area contributed by atoms with Gasteiger partial charge in [-0.2, -0.15) is 0 Å². The van der Waals surface area contributed by atoms with Crippen LogP contribution >= 0.6 is 0 Å². The van der Waals surface area contributed by atoms with Crippen molar-refractivity contribution in [1.82, 2.24) is 10.6 Å². The van der Waals surface area contributed by atoms with E-state index in [4.69, 9.17) is 9.84 Å². The Morgan fingerprint density at radius 2 is 1.93 bits per heavy atom. The molecule has 0 aliphatic carbocycles. The number of nitrogens with one attached hydrogen (secondary N) is 2. The van der Waals surface area contributed by atoms with E-state index in [9.17, 15) is 18.7 Å². The van der Waals surface area contributed by atoms with Gasteiger partial charge in [0.1, 0.15) is 11.6 Å². The molecule has 0 bridgehead atoms. The first-order valence-electron chi connectivity index (χ1n) is 9.25. The van der Waals surface area contributed by atoms with Crippen molar-refractivity contribution in [3.63, 3.8) is 0 Å². The first-order chi connectivity index (χ1) is 13.2. The molecule has 1 rings (SSSR count). The second-order valence-corrected chi connectivity index (χ2v) is 7.17. The number of ether oxygens (including phenoxy) is 1. The van der Waals surface area contributed by atoms with Crippen LogP contribution in [0.2, 0.25) is 0 Å². The molecule has 0 spiro atoms. The van der Waals surface area contributed by atoms with Crippen molar-refractivity contribution in [3.05, 3.63) is 48.1 Å². The number of hydrogen-bond donors (Lipinski definition) is 4. The number of aliphatic hydroxyl groups excluding tert-OH is 1. The lowest BCUT2D eigenvalue weighted by Crippen LogP contribution is -2.50. The van der Waals surface area contributed by atoms with Crippen LogP contribution in [0, 0.1) is 17.6 Å². The summed E-state index contributed by atoms with van der Waals surface area (Å²) in [7, 11) is 0. The Morgan fingerprint density at radius 1 is 1.29 bits per heavy atom. The Balaban J connectivity index is 2.74. The number of carbonyl (C=O) groups is 1. The molecule has 0 saturated heterocycles. The van der Waals surface area contributed by atoms with Crippen LogP contribution in [0.4, 0.5) is 13.6 Å². The second kappa shape index (κ2) is 12.4. The van der Waals surface area contributed by atoms with E-state index >= 15 is 0 Å². The molecule has 4 N–H and O–H groups in total. The van der Waals surface area contributed by atoms with Gasteiger partial charge in [0.15, 0.2) is 0 Å². The quantitative estimate of drug-likeness (QED) is 0.302. The van der Waals surface area contributed by atoms with Crippen LogP contribution in [0.25, 0.3) is 0 Å². The van der Waals surface area contributed by atoms with E-state index in [0.29, 0.717) is 19.1 Å². The van der Waals surface area contributed by atoms with E-state index in [-0.39, 0.29) is 24.6 Å². The first kappa shape index (κ1) is 24.0. The molecule has 1 aromatic carbocycles. The number of carboxylic acid groups (broad SMARTS) is 1. The summed E-state index contributed by atoms with van der Waals surface area (Å²) in [5.74, 6) is -1.12. The van der Waals surface area contributed by atoms with Gasteiger partial charge < -0.3 is 25.6 Å². The van der Waals surface area contributed by atoms with Crippen LogP contribution in [-0.2, 0) is 11.2 Å². The molecule has 3 atom stereocenters. The predicted octanol–water partition coefficient (Wildman–Crippen LogP) is 2.71. The number of hydrogen-bond acceptors (Lipinski definition) is 4. The van der Waals surface area contributed by atoms with Gasteiger partial charge in [-0.15, -0.1) is 6.58 Å². The summed E-state index contributed by atoms with van der Waals surface area (Å²) in [5.41, 5.74) is 0.253. The fourth-order valence-electron chi connectivity index (χ4n) is 2.93. The molecule has 0 aliphatic rings. The third-order valence-corrected chi connectivity index (χ3v) is 4.08. The molecule has 0 aliphatic heterocycles. The highest BCUT2D eigenvalue weighted by Crippen LogP contribution is 2.12. The average molecular weight is 400 g/mol. The number of amides is 1. The summed E-state index contributed by atoms with van der Waals surface area (Å²) in [6.07, 6.45) is -0.0288. The average Bonchev–Trinajstić information content (AvgIpc) is 2.57. The van der Waals surface area contributed by atoms with Gasteiger partial charge in [-0.05, 0) is 36.5 Å². The van der Waals surface area contributed by atoms with E-state index in [0.717, 1.165) is 24.6 Å². The smallest absolute Gasteiger partial charge is 0.404 e. The standard InChI is InChI=1S/C20H30F2N2O4/c1-4-5-28-12-17(6-13(2)3)23-11-19(25)18(24-20(26)27)9-14-7-15(21)10-16(22)8-14/h4,7-8,10,13,17-19,23-25H,1,5-6,9,11-12H2,2-3H3,(H,26,27)/t17-,18+,19-/m1/s1. The van der Waals surface area contributed by atoms with Crippen LogP contribution in [0.5, 0.6) is 0 Å². The van der Waals surface area contributed by atoms with E-state index in [1.54, 1.807) is 6.08 Å². The number of halogens is 2. The van der Waals surface area contributed by atoms with Crippen molar-refractivity contribution in [2.45, 2.75) is 44.9 Å². The van der Waals surface area contributed by atoms with Crippen molar-refractivity contribution < 1.29 is 28.5 Å². The summed E-state index contributed by atoms with van der Waals surface area (Å²) in [5, 5.41) is 24.9. The van der Waals surface area contributed by atoms with Crippen molar-refractivity contribution in [2.24, 2.45) is 5.92 Å². The van der Waals surface area contributed by atoms with Crippen molar-refractivity contribution >= 4 is 6.09 Å². The minimum absolute atomic E-state index is 0.0355. The molecule has 0 aromatic heterocycles. The predicted molar refractivity (Wildman–Crippen MR) is 103 cm³/mol. The SMILES string of the molecule is C=CCOC[C@@H](CC(C)C)NC[C@@H](O)[C@H](Cc1cc(F)cc(F)c1)NC(=O)O. The zero-order valence-corrected chi connectivity index (χ0v) is 16.3. The molecule has 0 heterocycles. The molecular weight excluding hydrogens is 370 g/mol. The molecular formula is C20H30F2N2O4. The van der Waals surface area contributed by atoms with Gasteiger partial charge in [-0.1, -0.05) is 19.9 Å². The van der Waals surface area contributed by atoms with E-state index in [2.05, 4.69) is 31.1 Å². The summed E-state index contributed by atoms with van der Waals surface area (Å²) < 4.78 is 32.3. The Bertz CT molecular complexity index is 608. The molecule has 158 valence electrons. The summed E-state index contributed by atoms with van der Waals surface area (Å²) in [6, 6.07) is 2.00. The summed E-state index contributed by atoms with van der Waals surface area (Å²) >= 11 is 0. The highest BCUT2D eigenvalue weighted by atomic mass is 19.1. The second-order valence-electron chi connectivity index (χ2n) is 7.17. The lowest BCUT2D eigenvalue weighted by molar-refractivity contribution is 0.0953. The largest absolute Gasteiger partial charge is 0.465 e. The van der Waals surface area contributed by atoms with E-state index in [1.165, 1.54) is 0 Å². The lowest BCUT2D eigenvalue weighted by atomic mass is 10.00. The Hall–Kier alpha value is -2.03. The highest BCUT2D eigenvalue weighted by molar-refractivity contribution is 5.65. The van der Waals surface area contributed by atoms with Gasteiger partial charge in [0.05, 0.1) is 25.4 Å². The van der Waals surface area contributed by atoms with Gasteiger partial charge in [-0.3, -0.25) is 0 Å². The Kier molecular flexibility index (Phi) is 10.7. The third-order valence-electron chi connectivity index (χ3n) is 4.08. The zero-order valence-electron chi connectivity index (χ0n) is 16.3. The molecule has 6 nitrogen and oxygen atoms in total. The van der Waals surface area contributed by atoms with Crippen LogP contribution in [0.3, 0.4) is 0 Å². The monoisotopic (exact) mass is 400 g/mol. The third kappa shape index (κ3) is 9.77. The summed E-state index contributed by atoms with van der Waals surface area (Å²) in [4.78, 5) is 11.1. The van der Waals surface area contributed by atoms with Gasteiger partial charge in [0, 0.05) is 18.7 Å². The van der Waals surface area contributed by atoms with Crippen LogP contribution < -0.4 is 10.6 Å². The van der Waals surface area contributed by atoms with E-state index < -0.39 is 29.9 Å². The van der Waals surface area contributed by atoms with Crippen molar-refractivity contribution in [3.8, 4) is 0 Å². The van der Waals surface area contributed by atoms with Crippen LogP contribution in [0.1, 0.15) is 25.8 Å². The van der Waals surface area contributed by atoms with Gasteiger partial charge in [-0.25, -0.2) is 13.6 Å². The van der Waals surface area contributed by atoms with Crippen molar-refractivity contribution in [2.75, 3.05) is 19.8 Å². The maximum absolute atomic E-state index is 13.4. The number of benzene rings is 1. The molecule has 8 heteroatoms. The van der Waals surface area contributed by atoms with E-state index in [1.807, 2.05) is 0 Å². The maximum Gasteiger partial charge on any atom is 0.404 e. The fraction of sp³-hybridized carbons (Fsp3) is 0.550. The molecule has 0 saturated carbocycles. The molecule has 1 amide bonds. The summed E-state index contributed by atoms with van der Waals surface area (Å²) in [6.45, 7) is 8.64. The molecule has 0 unspecified atom stereocenters. The first-order valence-corrected chi connectivity index (χ1v) is 9.25. The number of rotatable bonds is 13. The minimum atomic E-state index is -1.33. The topological polar surface area (TPSA) is 90.8 Å². The molecule has 1 aromatic rings. The Morgan fingerprint density at radius 3 is 2.46 bits per heavy atom. The zero-order chi connectivity index (χ0) is 21.1. The van der Waals surface area contributed by atoms with Gasteiger partial charge in [0.2, 0.25) is 0 Å². The normalized spacial score (nSPS) is 14.5. The molecule has 0 fully saturated rings. The van der Waals surface area contributed by atoms with Crippen LogP contribution in [-0.4, -0.2) is 54.3 Å². The lowest BCUT2D eigenvalue weighted by Gasteiger charge is -2.27. The van der Waals surface area contributed by atoms with Crippen molar-refractivity contribution in [1.29, 1.82) is 0 Å². The molecule has 28 heavy (non-hydrogen) atoms. The number of aliphatic hydroxyl groups is 1. The molecule has 0 radical (unpaired) electrons. The maximum atomic E-state index is 13.4. The minimum Gasteiger partial charge on any atom is -0.465 e. The highest BCUT2D eigenvalue weighted by Gasteiger charge is 2.23.